The largest absolute Gasteiger partial charge is 0.371 e. The van der Waals surface area contributed by atoms with Crippen LogP contribution in [0, 0.1) is 11.7 Å². The molecule has 1 heterocycles. The Morgan fingerprint density at radius 2 is 2.15 bits per heavy atom. The minimum atomic E-state index is -0.336. The first kappa shape index (κ1) is 15.0. The molecular formula is C17H24FNO. The molecule has 1 aromatic rings. The minimum Gasteiger partial charge on any atom is -0.371 e. The van der Waals surface area contributed by atoms with Gasteiger partial charge in [-0.3, -0.25) is 4.79 Å². The van der Waals surface area contributed by atoms with Crippen molar-refractivity contribution >= 4 is 11.5 Å². The molecule has 0 amide bonds. The van der Waals surface area contributed by atoms with Gasteiger partial charge in [-0.25, -0.2) is 4.39 Å². The maximum Gasteiger partial charge on any atom is 0.161 e. The smallest absolute Gasteiger partial charge is 0.161 e. The van der Waals surface area contributed by atoms with Crippen LogP contribution in [0.3, 0.4) is 0 Å². The van der Waals surface area contributed by atoms with Crippen molar-refractivity contribution in [2.75, 3.05) is 18.0 Å². The Labute approximate surface area is 121 Å². The lowest BCUT2D eigenvalue weighted by Crippen LogP contribution is -2.26. The second-order valence-corrected chi connectivity index (χ2v) is 5.79. The Bertz CT molecular complexity index is 472. The normalized spacial score (nSPS) is 19.8. The summed E-state index contributed by atoms with van der Waals surface area (Å²) in [5, 5.41) is 0. The molecule has 1 atom stereocenters. The van der Waals surface area contributed by atoms with E-state index in [1.807, 2.05) is 0 Å². The Morgan fingerprint density at radius 1 is 1.35 bits per heavy atom. The lowest BCUT2D eigenvalue weighted by molar-refractivity contribution is 0.101. The number of Topliss-reactive ketones (excluding diaryl/α,β-unsaturated/α-hetero) is 1. The van der Waals surface area contributed by atoms with Crippen LogP contribution in [-0.2, 0) is 0 Å². The van der Waals surface area contributed by atoms with Crippen molar-refractivity contribution in [3.8, 4) is 0 Å². The van der Waals surface area contributed by atoms with Crippen LogP contribution in [0.15, 0.2) is 18.2 Å². The van der Waals surface area contributed by atoms with Gasteiger partial charge in [0.05, 0.1) is 0 Å². The van der Waals surface area contributed by atoms with Crippen LogP contribution in [0.4, 0.5) is 10.1 Å². The monoisotopic (exact) mass is 277 g/mol. The Morgan fingerprint density at radius 3 is 2.85 bits per heavy atom. The van der Waals surface area contributed by atoms with Crippen molar-refractivity contribution in [1.29, 1.82) is 0 Å². The average molecular weight is 277 g/mol. The third-order valence-corrected chi connectivity index (χ3v) is 4.22. The number of hydrogen-bond donors (Lipinski definition) is 0. The van der Waals surface area contributed by atoms with E-state index in [4.69, 9.17) is 0 Å². The SMILES string of the molecule is CCCC1CCCN(c2ccc(F)cc2C(C)=O)CC1. The van der Waals surface area contributed by atoms with Crippen molar-refractivity contribution in [3.63, 3.8) is 0 Å². The number of hydrogen-bond acceptors (Lipinski definition) is 2. The molecule has 1 unspecified atom stereocenters. The number of ketones is 1. The van der Waals surface area contributed by atoms with Gasteiger partial charge in [-0.1, -0.05) is 19.8 Å². The summed E-state index contributed by atoms with van der Waals surface area (Å²) < 4.78 is 13.3. The zero-order valence-corrected chi connectivity index (χ0v) is 12.5. The van der Waals surface area contributed by atoms with E-state index in [1.54, 1.807) is 6.07 Å². The summed E-state index contributed by atoms with van der Waals surface area (Å²) in [4.78, 5) is 14.0. The topological polar surface area (TPSA) is 20.3 Å². The first-order valence-electron chi connectivity index (χ1n) is 7.67. The zero-order chi connectivity index (χ0) is 14.5. The highest BCUT2D eigenvalue weighted by Gasteiger charge is 2.20. The molecule has 1 aliphatic heterocycles. The maximum atomic E-state index is 13.3. The standard InChI is InChI=1S/C17H24FNO/c1-3-5-14-6-4-10-19(11-9-14)17-8-7-15(18)12-16(17)13(2)20/h7-8,12,14H,3-6,9-11H2,1-2H3. The lowest BCUT2D eigenvalue weighted by Gasteiger charge is -2.25. The molecule has 1 aliphatic rings. The summed E-state index contributed by atoms with van der Waals surface area (Å²) in [7, 11) is 0. The highest BCUT2D eigenvalue weighted by molar-refractivity contribution is 5.99. The number of carbonyl (C=O) groups is 1. The van der Waals surface area contributed by atoms with Gasteiger partial charge in [0.25, 0.3) is 0 Å². The second-order valence-electron chi connectivity index (χ2n) is 5.79. The van der Waals surface area contributed by atoms with E-state index in [0.29, 0.717) is 5.56 Å². The first-order chi connectivity index (χ1) is 9.61. The molecule has 20 heavy (non-hydrogen) atoms. The third-order valence-electron chi connectivity index (χ3n) is 4.22. The van der Waals surface area contributed by atoms with Crippen molar-refractivity contribution in [3.05, 3.63) is 29.6 Å². The van der Waals surface area contributed by atoms with Gasteiger partial charge in [-0.15, -0.1) is 0 Å². The van der Waals surface area contributed by atoms with Crippen molar-refractivity contribution in [2.45, 2.75) is 46.0 Å². The zero-order valence-electron chi connectivity index (χ0n) is 12.5. The number of halogens is 1. The first-order valence-corrected chi connectivity index (χ1v) is 7.67. The van der Waals surface area contributed by atoms with Gasteiger partial charge in [-0.05, 0) is 50.3 Å². The molecule has 2 nitrogen and oxygen atoms in total. The Hall–Kier alpha value is -1.38. The molecule has 0 radical (unpaired) electrons. The van der Waals surface area contributed by atoms with Gasteiger partial charge in [0, 0.05) is 24.3 Å². The molecule has 0 bridgehead atoms. The van der Waals surface area contributed by atoms with E-state index < -0.39 is 0 Å². The summed E-state index contributed by atoms with van der Waals surface area (Å²) in [6.07, 6.45) is 6.11. The Kier molecular flexibility index (Phi) is 5.16. The molecule has 0 aliphatic carbocycles. The van der Waals surface area contributed by atoms with Crippen LogP contribution >= 0.6 is 0 Å². The van der Waals surface area contributed by atoms with E-state index in [9.17, 15) is 9.18 Å². The number of carbonyl (C=O) groups excluding carboxylic acids is 1. The van der Waals surface area contributed by atoms with Crippen molar-refractivity contribution in [2.24, 2.45) is 5.92 Å². The molecule has 110 valence electrons. The average Bonchev–Trinajstić information content (AvgIpc) is 2.65. The number of nitrogens with zero attached hydrogens (tertiary/aromatic N) is 1. The lowest BCUT2D eigenvalue weighted by atomic mass is 9.96. The molecule has 0 N–H and O–H groups in total. The fourth-order valence-electron chi connectivity index (χ4n) is 3.17. The molecule has 1 fully saturated rings. The fraction of sp³-hybridized carbons (Fsp3) is 0.588. The van der Waals surface area contributed by atoms with Gasteiger partial charge in [0.15, 0.2) is 5.78 Å². The quantitative estimate of drug-likeness (QED) is 0.759. The highest BCUT2D eigenvalue weighted by atomic mass is 19.1. The van der Waals surface area contributed by atoms with Crippen LogP contribution in [0.5, 0.6) is 0 Å². The summed E-state index contributed by atoms with van der Waals surface area (Å²) >= 11 is 0. The van der Waals surface area contributed by atoms with Gasteiger partial charge >= 0.3 is 0 Å². The van der Waals surface area contributed by atoms with Gasteiger partial charge in [-0.2, -0.15) is 0 Å². The predicted molar refractivity (Wildman–Crippen MR) is 80.9 cm³/mol. The van der Waals surface area contributed by atoms with Crippen LogP contribution in [0.25, 0.3) is 0 Å². The van der Waals surface area contributed by atoms with Crippen LogP contribution in [0.1, 0.15) is 56.3 Å². The molecule has 3 heteroatoms. The molecule has 1 aromatic carbocycles. The number of anilines is 1. The summed E-state index contributed by atoms with van der Waals surface area (Å²) in [6.45, 7) is 5.68. The highest BCUT2D eigenvalue weighted by Crippen LogP contribution is 2.28. The summed E-state index contributed by atoms with van der Waals surface area (Å²) in [5.74, 6) is 0.401. The fourth-order valence-corrected chi connectivity index (χ4v) is 3.17. The van der Waals surface area contributed by atoms with E-state index in [1.165, 1.54) is 44.7 Å². The Balaban J connectivity index is 2.17. The van der Waals surface area contributed by atoms with E-state index >= 15 is 0 Å². The number of rotatable bonds is 4. The predicted octanol–water partition coefficient (Wildman–Crippen LogP) is 4.43. The van der Waals surface area contributed by atoms with Gasteiger partial charge in [0.2, 0.25) is 0 Å². The van der Waals surface area contributed by atoms with E-state index in [-0.39, 0.29) is 11.6 Å². The van der Waals surface area contributed by atoms with Crippen molar-refractivity contribution in [1.82, 2.24) is 0 Å². The molecule has 2 rings (SSSR count). The second kappa shape index (κ2) is 6.87. The molecule has 0 saturated carbocycles. The molecule has 0 aromatic heterocycles. The van der Waals surface area contributed by atoms with Crippen LogP contribution in [-0.4, -0.2) is 18.9 Å². The van der Waals surface area contributed by atoms with E-state index in [2.05, 4.69) is 11.8 Å². The van der Waals surface area contributed by atoms with E-state index in [0.717, 1.165) is 31.1 Å². The molecular weight excluding hydrogens is 253 g/mol. The third kappa shape index (κ3) is 3.59. The van der Waals surface area contributed by atoms with Crippen LogP contribution in [0.2, 0.25) is 0 Å². The summed E-state index contributed by atoms with van der Waals surface area (Å²) in [5.41, 5.74) is 1.41. The maximum absolute atomic E-state index is 13.3. The number of benzene rings is 1. The molecule has 1 saturated heterocycles. The van der Waals surface area contributed by atoms with Gasteiger partial charge in [0.1, 0.15) is 5.82 Å². The molecule has 0 spiro atoms. The van der Waals surface area contributed by atoms with Crippen LogP contribution < -0.4 is 4.90 Å². The van der Waals surface area contributed by atoms with Crippen molar-refractivity contribution < 1.29 is 9.18 Å². The van der Waals surface area contributed by atoms with Gasteiger partial charge < -0.3 is 4.90 Å². The summed E-state index contributed by atoms with van der Waals surface area (Å²) in [6, 6.07) is 4.58. The minimum absolute atomic E-state index is 0.0612.